The van der Waals surface area contributed by atoms with Gasteiger partial charge in [0.1, 0.15) is 17.1 Å². The molecule has 0 radical (unpaired) electrons. The van der Waals surface area contributed by atoms with Crippen LogP contribution >= 0.6 is 0 Å². The molecule has 0 aliphatic carbocycles. The lowest BCUT2D eigenvalue weighted by atomic mass is 10.0. The summed E-state index contributed by atoms with van der Waals surface area (Å²) in [6, 6.07) is 4.11. The monoisotopic (exact) mass is 294 g/mol. The standard InChI is InChI=1S/C16H23FN2O2/c1-11(2)19(10-12-6-3-4-9-18-12)16(21)15-13(17)7-5-8-14(15)20/h5,7-8,11-12,18,20H,3-4,6,9-10H2,1-2H3. The predicted octanol–water partition coefficient (Wildman–Crippen LogP) is 2.52. The van der Waals surface area contributed by atoms with Gasteiger partial charge in [-0.1, -0.05) is 12.5 Å². The zero-order chi connectivity index (χ0) is 15.4. The number of rotatable bonds is 4. The fourth-order valence-electron chi connectivity index (χ4n) is 2.71. The molecule has 2 rings (SSSR count). The molecule has 1 amide bonds. The first-order valence-electron chi connectivity index (χ1n) is 7.52. The lowest BCUT2D eigenvalue weighted by Crippen LogP contribution is -2.48. The second-order valence-corrected chi connectivity index (χ2v) is 5.83. The van der Waals surface area contributed by atoms with E-state index in [-0.39, 0.29) is 23.4 Å². The van der Waals surface area contributed by atoms with E-state index in [1.54, 1.807) is 4.90 Å². The molecular weight excluding hydrogens is 271 g/mol. The van der Waals surface area contributed by atoms with E-state index in [1.807, 2.05) is 13.8 Å². The molecule has 4 nitrogen and oxygen atoms in total. The third-order valence-electron chi connectivity index (χ3n) is 3.92. The van der Waals surface area contributed by atoms with Crippen LogP contribution in [0.2, 0.25) is 0 Å². The van der Waals surface area contributed by atoms with Gasteiger partial charge in [-0.2, -0.15) is 0 Å². The summed E-state index contributed by atoms with van der Waals surface area (Å²) in [6.07, 6.45) is 3.31. The maximum atomic E-state index is 13.9. The molecule has 0 aromatic heterocycles. The number of phenols is 1. The molecule has 1 aromatic carbocycles. The summed E-state index contributed by atoms with van der Waals surface area (Å²) in [5, 5.41) is 13.2. The second-order valence-electron chi connectivity index (χ2n) is 5.83. The number of aromatic hydroxyl groups is 1. The van der Waals surface area contributed by atoms with Crippen molar-refractivity contribution >= 4 is 5.91 Å². The number of carbonyl (C=O) groups is 1. The summed E-state index contributed by atoms with van der Waals surface area (Å²) >= 11 is 0. The molecule has 0 saturated carbocycles. The van der Waals surface area contributed by atoms with Crippen LogP contribution in [-0.4, -0.2) is 41.1 Å². The van der Waals surface area contributed by atoms with Crippen LogP contribution in [0.15, 0.2) is 18.2 Å². The highest BCUT2D eigenvalue weighted by Crippen LogP contribution is 2.23. The van der Waals surface area contributed by atoms with Crippen molar-refractivity contribution in [3.8, 4) is 5.75 Å². The van der Waals surface area contributed by atoms with Gasteiger partial charge in [0.2, 0.25) is 0 Å². The first-order chi connectivity index (χ1) is 10.0. The van der Waals surface area contributed by atoms with Crippen molar-refractivity contribution in [2.24, 2.45) is 0 Å². The Morgan fingerprint density at radius 2 is 2.24 bits per heavy atom. The number of nitrogens with zero attached hydrogens (tertiary/aromatic N) is 1. The minimum atomic E-state index is -0.678. The first kappa shape index (κ1) is 15.8. The zero-order valence-electron chi connectivity index (χ0n) is 12.6. The van der Waals surface area contributed by atoms with Gasteiger partial charge in [-0.25, -0.2) is 4.39 Å². The van der Waals surface area contributed by atoms with E-state index in [0.29, 0.717) is 6.54 Å². The van der Waals surface area contributed by atoms with Gasteiger partial charge >= 0.3 is 0 Å². The van der Waals surface area contributed by atoms with E-state index in [2.05, 4.69) is 5.32 Å². The van der Waals surface area contributed by atoms with Gasteiger partial charge in [-0.15, -0.1) is 0 Å². The van der Waals surface area contributed by atoms with E-state index in [1.165, 1.54) is 18.2 Å². The Morgan fingerprint density at radius 1 is 1.48 bits per heavy atom. The van der Waals surface area contributed by atoms with Crippen molar-refractivity contribution in [1.82, 2.24) is 10.2 Å². The Labute approximate surface area is 125 Å². The molecule has 1 aliphatic heterocycles. The van der Waals surface area contributed by atoms with Crippen LogP contribution in [-0.2, 0) is 0 Å². The van der Waals surface area contributed by atoms with Gasteiger partial charge in [-0.3, -0.25) is 4.79 Å². The van der Waals surface area contributed by atoms with E-state index < -0.39 is 11.7 Å². The lowest BCUT2D eigenvalue weighted by Gasteiger charge is -2.33. The zero-order valence-corrected chi connectivity index (χ0v) is 12.6. The largest absolute Gasteiger partial charge is 0.507 e. The maximum absolute atomic E-state index is 13.9. The van der Waals surface area contributed by atoms with Crippen molar-refractivity contribution in [2.75, 3.05) is 13.1 Å². The lowest BCUT2D eigenvalue weighted by molar-refractivity contribution is 0.0668. The molecule has 5 heteroatoms. The highest BCUT2D eigenvalue weighted by molar-refractivity contribution is 5.97. The Balaban J connectivity index is 2.19. The van der Waals surface area contributed by atoms with Crippen molar-refractivity contribution in [3.63, 3.8) is 0 Å². The molecule has 1 aliphatic rings. The topological polar surface area (TPSA) is 52.6 Å². The molecule has 0 bridgehead atoms. The second kappa shape index (κ2) is 6.89. The number of halogens is 1. The summed E-state index contributed by atoms with van der Waals surface area (Å²) in [6.45, 7) is 5.29. The van der Waals surface area contributed by atoms with E-state index >= 15 is 0 Å². The van der Waals surface area contributed by atoms with Crippen LogP contribution in [0.25, 0.3) is 0 Å². The minimum Gasteiger partial charge on any atom is -0.507 e. The first-order valence-corrected chi connectivity index (χ1v) is 7.52. The van der Waals surface area contributed by atoms with Crippen LogP contribution in [0.5, 0.6) is 5.75 Å². The van der Waals surface area contributed by atoms with Crippen LogP contribution in [0.3, 0.4) is 0 Å². The fraction of sp³-hybridized carbons (Fsp3) is 0.562. The summed E-state index contributed by atoms with van der Waals surface area (Å²) in [4.78, 5) is 14.2. The predicted molar refractivity (Wildman–Crippen MR) is 79.9 cm³/mol. The van der Waals surface area contributed by atoms with Crippen LogP contribution < -0.4 is 5.32 Å². The summed E-state index contributed by atoms with van der Waals surface area (Å²) in [5.41, 5.74) is -0.234. The molecule has 1 atom stereocenters. The average molecular weight is 294 g/mol. The Morgan fingerprint density at radius 3 is 2.81 bits per heavy atom. The maximum Gasteiger partial charge on any atom is 0.260 e. The van der Waals surface area contributed by atoms with E-state index in [9.17, 15) is 14.3 Å². The van der Waals surface area contributed by atoms with Crippen LogP contribution in [0, 0.1) is 5.82 Å². The normalized spacial score (nSPS) is 18.8. The molecule has 1 aromatic rings. The number of benzene rings is 1. The number of hydrogen-bond donors (Lipinski definition) is 2. The van der Waals surface area contributed by atoms with Gasteiger partial charge in [0.15, 0.2) is 0 Å². The third-order valence-corrected chi connectivity index (χ3v) is 3.92. The highest BCUT2D eigenvalue weighted by atomic mass is 19.1. The van der Waals surface area contributed by atoms with Crippen LogP contribution in [0.4, 0.5) is 4.39 Å². The number of nitrogens with one attached hydrogen (secondary N) is 1. The van der Waals surface area contributed by atoms with Gasteiger partial charge in [0.05, 0.1) is 0 Å². The van der Waals surface area contributed by atoms with Gasteiger partial charge in [0, 0.05) is 18.6 Å². The Bertz CT molecular complexity index is 479. The van der Waals surface area contributed by atoms with Gasteiger partial charge in [0.25, 0.3) is 5.91 Å². The molecule has 1 fully saturated rings. The molecule has 1 heterocycles. The van der Waals surface area contributed by atoms with Crippen molar-refractivity contribution in [1.29, 1.82) is 0 Å². The number of amides is 1. The number of carbonyl (C=O) groups excluding carboxylic acids is 1. The van der Waals surface area contributed by atoms with Crippen LogP contribution in [0.1, 0.15) is 43.5 Å². The smallest absolute Gasteiger partial charge is 0.260 e. The number of phenolic OH excluding ortho intramolecular Hbond substituents is 1. The van der Waals surface area contributed by atoms with Gasteiger partial charge in [-0.05, 0) is 45.4 Å². The Kier molecular flexibility index (Phi) is 5.17. The molecule has 1 saturated heterocycles. The molecule has 21 heavy (non-hydrogen) atoms. The van der Waals surface area contributed by atoms with Crippen molar-refractivity contribution < 1.29 is 14.3 Å². The molecular formula is C16H23FN2O2. The minimum absolute atomic E-state index is 0.0553. The van der Waals surface area contributed by atoms with Crippen molar-refractivity contribution in [3.05, 3.63) is 29.6 Å². The highest BCUT2D eigenvalue weighted by Gasteiger charge is 2.27. The molecule has 0 spiro atoms. The SMILES string of the molecule is CC(C)N(CC1CCCCN1)C(=O)c1c(O)cccc1F. The third kappa shape index (κ3) is 3.73. The molecule has 116 valence electrons. The van der Waals surface area contributed by atoms with Gasteiger partial charge < -0.3 is 15.3 Å². The average Bonchev–Trinajstić information content (AvgIpc) is 2.45. The number of piperidine rings is 1. The number of hydrogen-bond acceptors (Lipinski definition) is 3. The molecule has 2 N–H and O–H groups in total. The van der Waals surface area contributed by atoms with Crippen molar-refractivity contribution in [2.45, 2.75) is 45.2 Å². The fourth-order valence-corrected chi connectivity index (χ4v) is 2.71. The van der Waals surface area contributed by atoms with E-state index in [4.69, 9.17) is 0 Å². The summed E-state index contributed by atoms with van der Waals surface area (Å²) < 4.78 is 13.9. The Hall–Kier alpha value is -1.62. The molecule has 1 unspecified atom stereocenters. The quantitative estimate of drug-likeness (QED) is 0.897. The summed E-state index contributed by atoms with van der Waals surface area (Å²) in [7, 11) is 0. The van der Waals surface area contributed by atoms with E-state index in [0.717, 1.165) is 25.8 Å². The summed E-state index contributed by atoms with van der Waals surface area (Å²) in [5.74, 6) is -1.43.